The van der Waals surface area contributed by atoms with Gasteiger partial charge in [-0.15, -0.1) is 0 Å². The van der Waals surface area contributed by atoms with Gasteiger partial charge in [-0.2, -0.15) is 0 Å². The van der Waals surface area contributed by atoms with Gasteiger partial charge < -0.3 is 11.1 Å². The first-order valence-corrected chi connectivity index (χ1v) is 7.33. The Hall–Kier alpha value is -1.35. The summed E-state index contributed by atoms with van der Waals surface area (Å²) in [6.45, 7) is 2.05. The van der Waals surface area contributed by atoms with Crippen molar-refractivity contribution in [3.05, 3.63) is 35.9 Å². The van der Waals surface area contributed by atoms with E-state index in [1.165, 1.54) is 12.0 Å². The van der Waals surface area contributed by atoms with Crippen molar-refractivity contribution in [2.45, 2.75) is 57.0 Å². The molecule has 0 radical (unpaired) electrons. The van der Waals surface area contributed by atoms with Crippen molar-refractivity contribution in [3.8, 4) is 0 Å². The van der Waals surface area contributed by atoms with Crippen LogP contribution in [0.15, 0.2) is 30.3 Å². The first-order valence-electron chi connectivity index (χ1n) is 7.33. The second kappa shape index (κ2) is 6.71. The Labute approximate surface area is 115 Å². The lowest BCUT2D eigenvalue weighted by Crippen LogP contribution is -2.46. The SMILES string of the molecule is CCCC(N)C(=O)NC1CCCC1c1ccccc1. The zero-order valence-corrected chi connectivity index (χ0v) is 11.6. The molecule has 1 saturated carbocycles. The monoisotopic (exact) mass is 260 g/mol. The average molecular weight is 260 g/mol. The summed E-state index contributed by atoms with van der Waals surface area (Å²) in [6, 6.07) is 10.4. The van der Waals surface area contributed by atoms with Crippen LogP contribution in [0.3, 0.4) is 0 Å². The van der Waals surface area contributed by atoms with Gasteiger partial charge in [-0.25, -0.2) is 0 Å². The largest absolute Gasteiger partial charge is 0.351 e. The Balaban J connectivity index is 1.98. The van der Waals surface area contributed by atoms with Crippen LogP contribution in [0, 0.1) is 0 Å². The van der Waals surface area contributed by atoms with Crippen molar-refractivity contribution in [1.82, 2.24) is 5.32 Å². The number of nitrogens with two attached hydrogens (primary N) is 1. The van der Waals surface area contributed by atoms with Crippen molar-refractivity contribution in [1.29, 1.82) is 0 Å². The van der Waals surface area contributed by atoms with E-state index in [1.54, 1.807) is 0 Å². The summed E-state index contributed by atoms with van der Waals surface area (Å²) in [5, 5.41) is 3.15. The molecule has 0 saturated heterocycles. The van der Waals surface area contributed by atoms with Crippen LogP contribution in [-0.2, 0) is 4.79 Å². The molecule has 3 unspecified atom stereocenters. The minimum absolute atomic E-state index is 0.00896. The fourth-order valence-corrected chi connectivity index (χ4v) is 2.96. The number of hydrogen-bond donors (Lipinski definition) is 2. The number of nitrogens with one attached hydrogen (secondary N) is 1. The van der Waals surface area contributed by atoms with Gasteiger partial charge in [0.25, 0.3) is 0 Å². The number of carbonyl (C=O) groups excluding carboxylic acids is 1. The molecule has 2 rings (SSSR count). The fraction of sp³-hybridized carbons (Fsp3) is 0.562. The summed E-state index contributed by atoms with van der Waals surface area (Å²) in [7, 11) is 0. The number of carbonyl (C=O) groups is 1. The van der Waals surface area contributed by atoms with Gasteiger partial charge in [-0.05, 0) is 24.8 Å². The van der Waals surface area contributed by atoms with Crippen LogP contribution in [0.1, 0.15) is 50.5 Å². The first-order chi connectivity index (χ1) is 9.22. The highest BCUT2D eigenvalue weighted by Gasteiger charge is 2.30. The second-order valence-corrected chi connectivity index (χ2v) is 5.46. The first kappa shape index (κ1) is 14.1. The summed E-state index contributed by atoms with van der Waals surface area (Å²) in [5.74, 6) is 0.452. The molecule has 19 heavy (non-hydrogen) atoms. The van der Waals surface area contributed by atoms with Gasteiger partial charge >= 0.3 is 0 Å². The van der Waals surface area contributed by atoms with E-state index in [-0.39, 0.29) is 18.0 Å². The van der Waals surface area contributed by atoms with Crippen LogP contribution >= 0.6 is 0 Å². The van der Waals surface area contributed by atoms with E-state index >= 15 is 0 Å². The van der Waals surface area contributed by atoms with Gasteiger partial charge in [0.1, 0.15) is 0 Å². The molecule has 0 spiro atoms. The van der Waals surface area contributed by atoms with E-state index < -0.39 is 0 Å². The number of amides is 1. The topological polar surface area (TPSA) is 55.1 Å². The van der Waals surface area contributed by atoms with E-state index in [2.05, 4.69) is 36.5 Å². The second-order valence-electron chi connectivity index (χ2n) is 5.46. The average Bonchev–Trinajstić information content (AvgIpc) is 2.88. The molecule has 1 fully saturated rings. The van der Waals surface area contributed by atoms with Crippen molar-refractivity contribution >= 4 is 5.91 Å². The molecule has 0 bridgehead atoms. The van der Waals surface area contributed by atoms with Gasteiger partial charge in [-0.1, -0.05) is 50.1 Å². The lowest BCUT2D eigenvalue weighted by atomic mass is 9.94. The lowest BCUT2D eigenvalue weighted by Gasteiger charge is -2.23. The maximum atomic E-state index is 12.0. The molecular weight excluding hydrogens is 236 g/mol. The Bertz CT molecular complexity index is 404. The Morgan fingerprint density at radius 3 is 2.79 bits per heavy atom. The molecule has 1 amide bonds. The number of hydrogen-bond acceptors (Lipinski definition) is 2. The zero-order valence-electron chi connectivity index (χ0n) is 11.6. The predicted molar refractivity (Wildman–Crippen MR) is 77.8 cm³/mol. The van der Waals surface area contributed by atoms with Gasteiger partial charge in [0, 0.05) is 12.0 Å². The van der Waals surface area contributed by atoms with E-state index in [1.807, 2.05) is 6.07 Å². The third kappa shape index (κ3) is 3.57. The molecule has 0 aliphatic heterocycles. The smallest absolute Gasteiger partial charge is 0.237 e. The fourth-order valence-electron chi connectivity index (χ4n) is 2.96. The van der Waals surface area contributed by atoms with Crippen LogP contribution in [-0.4, -0.2) is 18.0 Å². The van der Waals surface area contributed by atoms with Gasteiger partial charge in [0.15, 0.2) is 0 Å². The van der Waals surface area contributed by atoms with Crippen molar-refractivity contribution < 1.29 is 4.79 Å². The number of benzene rings is 1. The van der Waals surface area contributed by atoms with E-state index in [0.29, 0.717) is 5.92 Å². The molecule has 1 aliphatic rings. The standard InChI is InChI=1S/C16H24N2O/c1-2-7-14(17)16(19)18-15-11-6-10-13(15)12-8-4-3-5-9-12/h3-5,8-9,13-15H,2,6-7,10-11,17H2,1H3,(H,18,19). The lowest BCUT2D eigenvalue weighted by molar-refractivity contribution is -0.123. The highest BCUT2D eigenvalue weighted by molar-refractivity contribution is 5.81. The normalized spacial score (nSPS) is 24.1. The summed E-state index contributed by atoms with van der Waals surface area (Å²) in [4.78, 5) is 12.0. The minimum Gasteiger partial charge on any atom is -0.351 e. The summed E-state index contributed by atoms with van der Waals surface area (Å²) < 4.78 is 0. The molecular formula is C16H24N2O. The van der Waals surface area contributed by atoms with Crippen molar-refractivity contribution in [2.75, 3.05) is 0 Å². The Morgan fingerprint density at radius 1 is 1.37 bits per heavy atom. The maximum Gasteiger partial charge on any atom is 0.237 e. The molecule has 3 heteroatoms. The van der Waals surface area contributed by atoms with Crippen LogP contribution in [0.2, 0.25) is 0 Å². The molecule has 3 atom stereocenters. The van der Waals surface area contributed by atoms with Crippen LogP contribution in [0.5, 0.6) is 0 Å². The molecule has 0 aromatic heterocycles. The van der Waals surface area contributed by atoms with E-state index in [9.17, 15) is 4.79 Å². The van der Waals surface area contributed by atoms with Crippen LogP contribution < -0.4 is 11.1 Å². The summed E-state index contributed by atoms with van der Waals surface area (Å²) in [6.07, 6.45) is 5.09. The van der Waals surface area contributed by atoms with E-state index in [0.717, 1.165) is 25.7 Å². The number of rotatable bonds is 5. The third-order valence-electron chi connectivity index (χ3n) is 4.01. The highest BCUT2D eigenvalue weighted by Crippen LogP contribution is 2.34. The van der Waals surface area contributed by atoms with Crippen LogP contribution in [0.4, 0.5) is 0 Å². The minimum atomic E-state index is -0.359. The molecule has 104 valence electrons. The Morgan fingerprint density at radius 2 is 2.11 bits per heavy atom. The highest BCUT2D eigenvalue weighted by atomic mass is 16.2. The molecule has 1 aromatic rings. The van der Waals surface area contributed by atoms with Crippen molar-refractivity contribution in [2.24, 2.45) is 5.73 Å². The quantitative estimate of drug-likeness (QED) is 0.855. The van der Waals surface area contributed by atoms with Gasteiger partial charge in [-0.3, -0.25) is 4.79 Å². The Kier molecular flexibility index (Phi) is 4.97. The van der Waals surface area contributed by atoms with Gasteiger partial charge in [0.05, 0.1) is 6.04 Å². The third-order valence-corrected chi connectivity index (χ3v) is 4.01. The molecule has 0 heterocycles. The van der Waals surface area contributed by atoms with Gasteiger partial charge in [0.2, 0.25) is 5.91 Å². The summed E-state index contributed by atoms with van der Waals surface area (Å²) in [5.41, 5.74) is 7.21. The van der Waals surface area contributed by atoms with E-state index in [4.69, 9.17) is 5.73 Å². The maximum absolute atomic E-state index is 12.0. The molecule has 1 aromatic carbocycles. The zero-order chi connectivity index (χ0) is 13.7. The molecule has 1 aliphatic carbocycles. The molecule has 3 N–H and O–H groups in total. The molecule has 3 nitrogen and oxygen atoms in total. The summed E-state index contributed by atoms with van der Waals surface area (Å²) >= 11 is 0. The van der Waals surface area contributed by atoms with Crippen LogP contribution in [0.25, 0.3) is 0 Å². The predicted octanol–water partition coefficient (Wildman–Crippen LogP) is 2.57. The van der Waals surface area contributed by atoms with Crippen molar-refractivity contribution in [3.63, 3.8) is 0 Å².